The molecule has 1 aliphatic heterocycles. The Morgan fingerprint density at radius 1 is 1.15 bits per heavy atom. The standard InChI is InChI=1S/C22H24FN7OS.C2H6/c1-16-4-6-17(7-5-16)22(15-31)8-11-28(12-9-22)19-3-2-10-29-20(19)26-21(27-29)25-18-13-24-30(14-18)32-23;1-2/h2-7,10,13-14,31H,8-9,11-12,15H2,1H3,(H,25,27);1-2H3. The molecule has 34 heavy (non-hydrogen) atoms. The number of fused-ring (bicyclic) bond motifs is 1. The molecule has 0 atom stereocenters. The normalized spacial score (nSPS) is 15.1. The largest absolute Gasteiger partial charge is 0.395 e. The van der Waals surface area contributed by atoms with Crippen molar-refractivity contribution in [3.05, 3.63) is 66.1 Å². The lowest BCUT2D eigenvalue weighted by atomic mass is 9.73. The van der Waals surface area contributed by atoms with Gasteiger partial charge in [-0.3, -0.25) is 0 Å². The first-order chi connectivity index (χ1) is 16.6. The predicted molar refractivity (Wildman–Crippen MR) is 135 cm³/mol. The van der Waals surface area contributed by atoms with E-state index in [2.05, 4.69) is 56.6 Å². The lowest BCUT2D eigenvalue weighted by Gasteiger charge is -2.42. The molecular weight excluding hydrogens is 453 g/mol. The van der Waals surface area contributed by atoms with Crippen molar-refractivity contribution in [3.8, 4) is 0 Å². The van der Waals surface area contributed by atoms with Crippen LogP contribution >= 0.6 is 12.3 Å². The Labute approximate surface area is 203 Å². The van der Waals surface area contributed by atoms with Gasteiger partial charge in [-0.25, -0.2) is 4.52 Å². The van der Waals surface area contributed by atoms with Crippen LogP contribution in [0, 0.1) is 6.92 Å². The van der Waals surface area contributed by atoms with Gasteiger partial charge in [-0.05, 0) is 37.5 Å². The Kier molecular flexibility index (Phi) is 7.38. The van der Waals surface area contributed by atoms with Gasteiger partial charge in [-0.2, -0.15) is 14.2 Å². The number of benzene rings is 1. The molecule has 0 amide bonds. The first kappa shape index (κ1) is 24.0. The molecule has 0 unspecified atom stereocenters. The van der Waals surface area contributed by atoms with Crippen molar-refractivity contribution in [2.75, 3.05) is 29.9 Å². The number of aliphatic hydroxyl groups excluding tert-OH is 1. The van der Waals surface area contributed by atoms with Crippen LogP contribution in [0.3, 0.4) is 0 Å². The summed E-state index contributed by atoms with van der Waals surface area (Å²) < 4.78 is 15.5. The fourth-order valence-electron chi connectivity index (χ4n) is 4.35. The van der Waals surface area contributed by atoms with Crippen molar-refractivity contribution >= 4 is 35.3 Å². The number of aromatic nitrogens is 5. The number of anilines is 3. The number of pyridine rings is 1. The zero-order valence-electron chi connectivity index (χ0n) is 19.6. The average molecular weight is 484 g/mol. The summed E-state index contributed by atoms with van der Waals surface area (Å²) in [7, 11) is 0. The van der Waals surface area contributed by atoms with Crippen LogP contribution in [-0.4, -0.2) is 48.6 Å². The molecule has 10 heteroatoms. The van der Waals surface area contributed by atoms with Gasteiger partial charge in [0.05, 0.1) is 30.4 Å². The van der Waals surface area contributed by atoms with E-state index in [1.165, 1.54) is 23.5 Å². The van der Waals surface area contributed by atoms with E-state index >= 15 is 0 Å². The molecule has 1 saturated heterocycles. The Morgan fingerprint density at radius 3 is 2.53 bits per heavy atom. The van der Waals surface area contributed by atoms with E-state index in [9.17, 15) is 8.99 Å². The smallest absolute Gasteiger partial charge is 0.247 e. The van der Waals surface area contributed by atoms with Gasteiger partial charge in [0.25, 0.3) is 0 Å². The Bertz CT molecular complexity index is 1220. The quantitative estimate of drug-likeness (QED) is 0.403. The fourth-order valence-corrected chi connectivity index (χ4v) is 4.59. The van der Waals surface area contributed by atoms with E-state index in [1.54, 1.807) is 4.52 Å². The van der Waals surface area contributed by atoms with E-state index in [0.717, 1.165) is 41.4 Å². The summed E-state index contributed by atoms with van der Waals surface area (Å²) >= 11 is 0.0221. The second-order valence-electron chi connectivity index (χ2n) is 8.21. The molecule has 1 aliphatic rings. The molecule has 2 N–H and O–H groups in total. The van der Waals surface area contributed by atoms with Crippen molar-refractivity contribution in [1.82, 2.24) is 23.8 Å². The van der Waals surface area contributed by atoms with E-state index in [4.69, 9.17) is 0 Å². The third-order valence-corrected chi connectivity index (χ3v) is 6.60. The van der Waals surface area contributed by atoms with Gasteiger partial charge in [0.1, 0.15) is 0 Å². The van der Waals surface area contributed by atoms with E-state index < -0.39 is 0 Å². The highest BCUT2D eigenvalue weighted by Gasteiger charge is 2.36. The minimum atomic E-state index is -0.218. The van der Waals surface area contributed by atoms with Crippen molar-refractivity contribution in [2.45, 2.75) is 39.0 Å². The second-order valence-corrected chi connectivity index (χ2v) is 8.73. The molecule has 1 fully saturated rings. The zero-order valence-corrected chi connectivity index (χ0v) is 20.5. The average Bonchev–Trinajstić information content (AvgIpc) is 3.52. The monoisotopic (exact) mass is 483 g/mol. The number of halogens is 1. The van der Waals surface area contributed by atoms with Crippen molar-refractivity contribution in [1.29, 1.82) is 0 Å². The van der Waals surface area contributed by atoms with Crippen LogP contribution in [0.5, 0.6) is 0 Å². The van der Waals surface area contributed by atoms with Gasteiger partial charge >= 0.3 is 0 Å². The van der Waals surface area contributed by atoms with Crippen LogP contribution in [0.4, 0.5) is 21.2 Å². The number of aliphatic hydroxyl groups is 1. The molecule has 4 aromatic rings. The van der Waals surface area contributed by atoms with Gasteiger partial charge in [-0.1, -0.05) is 43.7 Å². The molecule has 8 nitrogen and oxygen atoms in total. The summed E-state index contributed by atoms with van der Waals surface area (Å²) in [4.78, 5) is 6.95. The van der Waals surface area contributed by atoms with Crippen molar-refractivity contribution in [3.63, 3.8) is 0 Å². The maximum atomic E-state index is 12.6. The molecule has 1 aromatic carbocycles. The minimum absolute atomic E-state index is 0.0221. The lowest BCUT2D eigenvalue weighted by Crippen LogP contribution is -2.45. The van der Waals surface area contributed by atoms with Crippen LogP contribution in [0.2, 0.25) is 0 Å². The maximum absolute atomic E-state index is 12.6. The van der Waals surface area contributed by atoms with Gasteiger partial charge < -0.3 is 15.3 Å². The lowest BCUT2D eigenvalue weighted by molar-refractivity contribution is 0.165. The summed E-state index contributed by atoms with van der Waals surface area (Å²) in [6.45, 7) is 7.83. The van der Waals surface area contributed by atoms with Crippen molar-refractivity contribution in [2.24, 2.45) is 0 Å². The van der Waals surface area contributed by atoms with Gasteiger partial charge in [0, 0.05) is 24.7 Å². The minimum Gasteiger partial charge on any atom is -0.395 e. The third-order valence-electron chi connectivity index (χ3n) is 6.26. The Morgan fingerprint density at radius 2 is 1.88 bits per heavy atom. The highest BCUT2D eigenvalue weighted by molar-refractivity contribution is 7.92. The predicted octanol–water partition coefficient (Wildman–Crippen LogP) is 4.92. The molecule has 0 saturated carbocycles. The number of hydrogen-bond donors (Lipinski definition) is 2. The number of piperidine rings is 1. The molecule has 180 valence electrons. The highest BCUT2D eigenvalue weighted by atomic mass is 32.2. The molecule has 5 rings (SSSR count). The summed E-state index contributed by atoms with van der Waals surface area (Å²) in [5.74, 6) is 0.419. The van der Waals surface area contributed by atoms with Crippen LogP contribution in [0.1, 0.15) is 37.8 Å². The van der Waals surface area contributed by atoms with E-state index in [0.29, 0.717) is 11.6 Å². The van der Waals surface area contributed by atoms with Crippen LogP contribution in [0.15, 0.2) is 55.0 Å². The number of hydrogen-bond acceptors (Lipinski definition) is 7. The first-order valence-electron chi connectivity index (χ1n) is 11.5. The molecule has 0 bridgehead atoms. The maximum Gasteiger partial charge on any atom is 0.247 e. The number of nitrogens with zero attached hydrogens (tertiary/aromatic N) is 6. The van der Waals surface area contributed by atoms with Crippen molar-refractivity contribution < 1.29 is 8.99 Å². The van der Waals surface area contributed by atoms with Crippen LogP contribution in [0.25, 0.3) is 5.65 Å². The summed E-state index contributed by atoms with van der Waals surface area (Å²) in [5, 5.41) is 21.7. The van der Waals surface area contributed by atoms with Crippen LogP contribution < -0.4 is 10.2 Å². The molecule has 4 heterocycles. The molecule has 0 spiro atoms. The Balaban J connectivity index is 0.00000133. The topological polar surface area (TPSA) is 83.5 Å². The van der Waals surface area contributed by atoms with Gasteiger partial charge in [-0.15, -0.1) is 8.98 Å². The summed E-state index contributed by atoms with van der Waals surface area (Å²) in [5.41, 5.74) is 4.55. The zero-order chi connectivity index (χ0) is 24.1. The van der Waals surface area contributed by atoms with E-state index in [-0.39, 0.29) is 24.4 Å². The van der Waals surface area contributed by atoms with E-state index in [1.807, 2.05) is 32.2 Å². The molecule has 3 aromatic heterocycles. The molecule has 0 radical (unpaired) electrons. The third kappa shape index (κ3) is 4.74. The second kappa shape index (κ2) is 10.4. The fraction of sp³-hybridized carbons (Fsp3) is 0.375. The van der Waals surface area contributed by atoms with Gasteiger partial charge in [0.15, 0.2) is 18.0 Å². The SMILES string of the molecule is CC.Cc1ccc(C2(CO)CCN(c3cccn4nc(Nc5cnn(SF)c5)nc34)CC2)cc1. The highest BCUT2D eigenvalue weighted by Crippen LogP contribution is 2.37. The summed E-state index contributed by atoms with van der Waals surface area (Å²) in [6, 6.07) is 12.5. The molecular formula is C24H30FN7OS. The molecule has 0 aliphatic carbocycles. The first-order valence-corrected chi connectivity index (χ1v) is 12.2. The number of rotatable bonds is 6. The Hall–Kier alpha value is -3.11. The van der Waals surface area contributed by atoms with Crippen LogP contribution in [-0.2, 0) is 5.41 Å². The number of aryl methyl sites for hydroxylation is 1. The van der Waals surface area contributed by atoms with Gasteiger partial charge in [0.2, 0.25) is 5.95 Å². The number of nitrogens with one attached hydrogen (secondary N) is 1. The summed E-state index contributed by atoms with van der Waals surface area (Å²) in [6.07, 6.45) is 6.61.